The number of aromatic nitrogens is 2. The number of hydrogen-bond acceptors (Lipinski definition) is 9. The van der Waals surface area contributed by atoms with Gasteiger partial charge in [0.25, 0.3) is 0 Å². The molecule has 0 spiro atoms. The number of aromatic amines is 1. The second-order valence-electron chi connectivity index (χ2n) is 13.5. The summed E-state index contributed by atoms with van der Waals surface area (Å²) in [6, 6.07) is 20.6. The molecule has 4 N–H and O–H groups in total. The van der Waals surface area contributed by atoms with Crippen LogP contribution in [0.5, 0.6) is 5.75 Å². The van der Waals surface area contributed by atoms with Gasteiger partial charge >= 0.3 is 0 Å². The minimum absolute atomic E-state index is 0.00845. The maximum Gasteiger partial charge on any atom is 0.243 e. The quantitative estimate of drug-likeness (QED) is 0.106. The van der Waals surface area contributed by atoms with E-state index in [0.29, 0.717) is 31.7 Å². The first-order valence-electron chi connectivity index (χ1n) is 18.3. The van der Waals surface area contributed by atoms with E-state index in [4.69, 9.17) is 16.1 Å². The topological polar surface area (TPSA) is 138 Å². The summed E-state index contributed by atoms with van der Waals surface area (Å²) in [6.07, 6.45) is 6.73. The first kappa shape index (κ1) is 37.0. The van der Waals surface area contributed by atoms with Gasteiger partial charge in [-0.1, -0.05) is 31.0 Å². The number of carbonyl (C=O) groups excluding carboxylic acids is 3. The van der Waals surface area contributed by atoms with Crippen LogP contribution in [0.3, 0.4) is 0 Å². The fraction of sp³-hybridized carbons (Fsp3) is 0.400. The molecule has 0 radical (unpaired) electrons. The van der Waals surface area contributed by atoms with Gasteiger partial charge in [0.2, 0.25) is 17.7 Å². The molecule has 3 heterocycles. The second-order valence-corrected chi connectivity index (χ2v) is 13.5. The molecule has 4 aromatic rings. The van der Waals surface area contributed by atoms with Crippen molar-refractivity contribution in [1.82, 2.24) is 30.0 Å². The van der Waals surface area contributed by atoms with Crippen molar-refractivity contribution >= 4 is 45.8 Å². The predicted octanol–water partition coefficient (Wildman–Crippen LogP) is 4.12. The summed E-state index contributed by atoms with van der Waals surface area (Å²) in [4.78, 5) is 53.7. The van der Waals surface area contributed by atoms with E-state index in [1.807, 2.05) is 37.3 Å². The van der Waals surface area contributed by atoms with Crippen LogP contribution in [0.4, 0.5) is 17.1 Å². The molecule has 1 atom stereocenters. The Labute approximate surface area is 311 Å². The maximum absolute atomic E-state index is 13.1. The molecule has 0 saturated carbocycles. The molecule has 53 heavy (non-hydrogen) atoms. The van der Waals surface area contributed by atoms with Crippen LogP contribution < -0.4 is 25.6 Å². The highest BCUT2D eigenvalue weighted by molar-refractivity contribution is 5.88. The number of likely N-dealkylation sites (N-methyl/N-ethyl adjacent to an activating group) is 2. The normalized spacial score (nSPS) is 15.2. The Morgan fingerprint density at radius 3 is 2.57 bits per heavy atom. The molecule has 278 valence electrons. The first-order chi connectivity index (χ1) is 25.7. The highest BCUT2D eigenvalue weighted by atomic mass is 16.5. The number of hydrogen-bond donors (Lipinski definition) is 4. The van der Waals surface area contributed by atoms with E-state index in [2.05, 4.69) is 74.0 Å². The molecular formula is C40H49N9O4. The van der Waals surface area contributed by atoms with Gasteiger partial charge in [0.05, 0.1) is 42.1 Å². The van der Waals surface area contributed by atoms with Gasteiger partial charge in [0.15, 0.2) is 0 Å². The molecule has 2 aliphatic rings. The van der Waals surface area contributed by atoms with Gasteiger partial charge in [-0.25, -0.2) is 4.98 Å². The van der Waals surface area contributed by atoms with E-state index in [-0.39, 0.29) is 49.9 Å². The minimum Gasteiger partial charge on any atom is -0.494 e. The summed E-state index contributed by atoms with van der Waals surface area (Å²) in [5.74, 6) is 2.98. The van der Waals surface area contributed by atoms with Crippen LogP contribution in [-0.4, -0.2) is 115 Å². The summed E-state index contributed by atoms with van der Waals surface area (Å²) < 4.78 is 6.03. The van der Waals surface area contributed by atoms with E-state index in [0.717, 1.165) is 65.5 Å². The Hall–Kier alpha value is -5.74. The summed E-state index contributed by atoms with van der Waals surface area (Å²) in [6.45, 7) is 6.60. The van der Waals surface area contributed by atoms with E-state index in [1.165, 1.54) is 22.5 Å². The average molecular weight is 720 g/mol. The number of carbonyl (C=O) groups is 3. The minimum atomic E-state index is -0.365. The number of fused-ring (bicyclic) bond motifs is 2. The molecule has 6 rings (SSSR count). The molecule has 0 aliphatic carbocycles. The smallest absolute Gasteiger partial charge is 0.243 e. The highest BCUT2D eigenvalue weighted by Gasteiger charge is 2.24. The van der Waals surface area contributed by atoms with Crippen molar-refractivity contribution in [3.8, 4) is 29.5 Å². The van der Waals surface area contributed by atoms with Crippen molar-refractivity contribution in [2.24, 2.45) is 0 Å². The second kappa shape index (κ2) is 17.2. The number of amides is 3. The number of H-pyrrole nitrogens is 1. The molecular weight excluding hydrogens is 670 g/mol. The lowest BCUT2D eigenvalue weighted by molar-refractivity contribution is -0.141. The van der Waals surface area contributed by atoms with Crippen LogP contribution in [0.1, 0.15) is 37.9 Å². The molecule has 1 unspecified atom stereocenters. The number of ether oxygens (including phenoxy) is 1. The molecule has 13 heteroatoms. The van der Waals surface area contributed by atoms with Gasteiger partial charge in [-0.2, -0.15) is 0 Å². The van der Waals surface area contributed by atoms with E-state index < -0.39 is 0 Å². The molecule has 13 nitrogen and oxygen atoms in total. The lowest BCUT2D eigenvalue weighted by atomic mass is 10.1. The Bertz CT molecular complexity index is 1960. The summed E-state index contributed by atoms with van der Waals surface area (Å²) in [5.41, 5.74) is 7.24. The van der Waals surface area contributed by atoms with Crippen molar-refractivity contribution in [2.45, 2.75) is 32.4 Å². The Balaban J connectivity index is 1.02. The molecule has 3 aromatic carbocycles. The van der Waals surface area contributed by atoms with Crippen LogP contribution in [0.2, 0.25) is 0 Å². The third kappa shape index (κ3) is 9.20. The van der Waals surface area contributed by atoms with Crippen molar-refractivity contribution < 1.29 is 19.1 Å². The highest BCUT2D eigenvalue weighted by Crippen LogP contribution is 2.38. The number of nitrogens with one attached hydrogen (secondary N) is 4. The van der Waals surface area contributed by atoms with Crippen molar-refractivity contribution in [2.75, 3.05) is 88.6 Å². The van der Waals surface area contributed by atoms with Gasteiger partial charge in [-0.15, -0.1) is 6.42 Å². The van der Waals surface area contributed by atoms with E-state index in [9.17, 15) is 14.4 Å². The zero-order chi connectivity index (χ0) is 37.3. The van der Waals surface area contributed by atoms with Crippen LogP contribution in [-0.2, 0) is 14.4 Å². The van der Waals surface area contributed by atoms with Gasteiger partial charge in [0, 0.05) is 57.4 Å². The molecule has 1 saturated heterocycles. The lowest BCUT2D eigenvalue weighted by Gasteiger charge is -2.34. The number of terminal acetylenes is 1. The predicted molar refractivity (Wildman–Crippen MR) is 209 cm³/mol. The Kier molecular flexibility index (Phi) is 12.0. The van der Waals surface area contributed by atoms with Gasteiger partial charge in [-0.3, -0.25) is 14.4 Å². The van der Waals surface area contributed by atoms with E-state index in [1.54, 1.807) is 0 Å². The molecule has 1 fully saturated rings. The SMILES string of the molecule is C#CCN(CC(=O)NC)C(=O)CN(CCC)C(=O)CCCOc1cccc(-c2nc3ccc(C4Nc5ccc(N6CCN(C)CC6)cc5N4)cc3[nH]2)c1. The summed E-state index contributed by atoms with van der Waals surface area (Å²) in [7, 11) is 3.67. The molecule has 0 bridgehead atoms. The third-order valence-corrected chi connectivity index (χ3v) is 9.64. The number of anilines is 3. The maximum atomic E-state index is 13.1. The number of rotatable bonds is 15. The fourth-order valence-electron chi connectivity index (χ4n) is 6.62. The molecule has 3 amide bonds. The standard InChI is InChI=1S/C40H49N9O4/c1-5-16-48(26-36(50)41-3)38(52)27-49(17-6-2)37(51)11-8-22-53-31-10-7-9-28(23-31)39-42-32-14-12-29(24-34(32)44-39)40-43-33-15-13-30(25-35(33)45-40)47-20-18-46(4)19-21-47/h1,7,9-10,12-15,23-25,40,43,45H,6,8,11,16-22,26-27H2,2-4H3,(H,41,50)(H,42,44). The van der Waals surface area contributed by atoms with Crippen LogP contribution in [0.15, 0.2) is 60.7 Å². The fourth-order valence-corrected chi connectivity index (χ4v) is 6.62. The van der Waals surface area contributed by atoms with Gasteiger partial charge in [-0.05, 0) is 67.9 Å². The van der Waals surface area contributed by atoms with Crippen LogP contribution in [0.25, 0.3) is 22.4 Å². The Morgan fingerprint density at radius 2 is 1.79 bits per heavy atom. The number of piperazine rings is 1. The largest absolute Gasteiger partial charge is 0.494 e. The Morgan fingerprint density at radius 1 is 0.981 bits per heavy atom. The average Bonchev–Trinajstić information content (AvgIpc) is 3.80. The zero-order valence-electron chi connectivity index (χ0n) is 30.8. The van der Waals surface area contributed by atoms with Crippen molar-refractivity contribution in [3.05, 3.63) is 66.2 Å². The number of nitrogens with zero attached hydrogens (tertiary/aromatic N) is 5. The number of imidazole rings is 1. The van der Waals surface area contributed by atoms with Crippen LogP contribution >= 0.6 is 0 Å². The number of benzene rings is 3. The zero-order valence-corrected chi connectivity index (χ0v) is 30.8. The monoisotopic (exact) mass is 719 g/mol. The van der Waals surface area contributed by atoms with Gasteiger partial charge < -0.3 is 45.3 Å². The van der Waals surface area contributed by atoms with Crippen molar-refractivity contribution in [3.63, 3.8) is 0 Å². The van der Waals surface area contributed by atoms with Gasteiger partial charge in [0.1, 0.15) is 24.3 Å². The third-order valence-electron chi connectivity index (χ3n) is 9.64. The van der Waals surface area contributed by atoms with Crippen LogP contribution in [0, 0.1) is 12.3 Å². The lowest BCUT2D eigenvalue weighted by Crippen LogP contribution is -2.46. The first-order valence-corrected chi connectivity index (χ1v) is 18.3. The molecule has 1 aromatic heterocycles. The van der Waals surface area contributed by atoms with E-state index >= 15 is 0 Å². The summed E-state index contributed by atoms with van der Waals surface area (Å²) in [5, 5.41) is 9.77. The van der Waals surface area contributed by atoms with Crippen molar-refractivity contribution in [1.29, 1.82) is 0 Å². The molecule has 2 aliphatic heterocycles. The summed E-state index contributed by atoms with van der Waals surface area (Å²) >= 11 is 0.